The Bertz CT molecular complexity index is 512. The Morgan fingerprint density at radius 3 is 2.56 bits per heavy atom. The van der Waals surface area contributed by atoms with Gasteiger partial charge in [0.2, 0.25) is 10.0 Å². The highest BCUT2D eigenvalue weighted by Gasteiger charge is 2.33. The standard InChI is InChI=1S/C12H21N3O2S/c1-5-12(2,3)15(4)18(16,17)11-7-6-8-14-10(11)9-13/h6-8H,5,9,13H2,1-4H3. The van der Waals surface area contributed by atoms with Crippen LogP contribution in [0.5, 0.6) is 0 Å². The monoisotopic (exact) mass is 271 g/mol. The summed E-state index contributed by atoms with van der Waals surface area (Å²) in [6.07, 6.45) is 2.27. The van der Waals surface area contributed by atoms with Gasteiger partial charge in [0, 0.05) is 25.3 Å². The van der Waals surface area contributed by atoms with Crippen LogP contribution in [-0.4, -0.2) is 30.3 Å². The second-order valence-electron chi connectivity index (χ2n) is 4.79. The van der Waals surface area contributed by atoms with Crippen LogP contribution in [0.15, 0.2) is 23.2 Å². The van der Waals surface area contributed by atoms with Gasteiger partial charge in [-0.25, -0.2) is 8.42 Å². The van der Waals surface area contributed by atoms with Crippen molar-refractivity contribution in [2.45, 2.75) is 44.2 Å². The average Bonchev–Trinajstić information content (AvgIpc) is 2.37. The molecular formula is C12H21N3O2S. The molecule has 0 bridgehead atoms. The van der Waals surface area contributed by atoms with Crippen molar-refractivity contribution in [1.29, 1.82) is 0 Å². The molecule has 6 heteroatoms. The molecule has 0 fully saturated rings. The first-order valence-corrected chi connectivity index (χ1v) is 7.34. The van der Waals surface area contributed by atoms with Gasteiger partial charge in [-0.3, -0.25) is 4.98 Å². The van der Waals surface area contributed by atoms with E-state index in [1.807, 2.05) is 20.8 Å². The Kier molecular flexibility index (Phi) is 4.47. The minimum atomic E-state index is -3.56. The van der Waals surface area contributed by atoms with Gasteiger partial charge in [0.05, 0.1) is 5.69 Å². The van der Waals surface area contributed by atoms with E-state index in [1.54, 1.807) is 25.4 Å². The predicted molar refractivity (Wildman–Crippen MR) is 71.4 cm³/mol. The maximum absolute atomic E-state index is 12.5. The first-order chi connectivity index (χ1) is 8.27. The summed E-state index contributed by atoms with van der Waals surface area (Å²) in [5, 5.41) is 0. The summed E-state index contributed by atoms with van der Waals surface area (Å²) >= 11 is 0. The Labute approximate surface area is 109 Å². The average molecular weight is 271 g/mol. The van der Waals surface area contributed by atoms with Crippen molar-refractivity contribution in [3.05, 3.63) is 24.0 Å². The van der Waals surface area contributed by atoms with Crippen LogP contribution < -0.4 is 5.73 Å². The molecule has 0 aliphatic heterocycles. The van der Waals surface area contributed by atoms with Crippen molar-refractivity contribution in [1.82, 2.24) is 9.29 Å². The molecule has 0 unspecified atom stereocenters. The fourth-order valence-electron chi connectivity index (χ4n) is 1.51. The zero-order valence-electron chi connectivity index (χ0n) is 11.3. The molecule has 102 valence electrons. The van der Waals surface area contributed by atoms with Crippen LogP contribution in [0.4, 0.5) is 0 Å². The summed E-state index contributed by atoms with van der Waals surface area (Å²) in [7, 11) is -1.97. The van der Waals surface area contributed by atoms with E-state index in [-0.39, 0.29) is 11.4 Å². The lowest BCUT2D eigenvalue weighted by molar-refractivity contribution is 0.257. The fourth-order valence-corrected chi connectivity index (χ4v) is 3.27. The molecule has 0 aliphatic rings. The summed E-state index contributed by atoms with van der Waals surface area (Å²) in [6, 6.07) is 3.16. The van der Waals surface area contributed by atoms with E-state index < -0.39 is 15.6 Å². The molecule has 18 heavy (non-hydrogen) atoms. The minimum Gasteiger partial charge on any atom is -0.325 e. The largest absolute Gasteiger partial charge is 0.325 e. The van der Waals surface area contributed by atoms with Crippen molar-refractivity contribution in [3.63, 3.8) is 0 Å². The molecule has 0 spiro atoms. The van der Waals surface area contributed by atoms with Crippen LogP contribution in [0.25, 0.3) is 0 Å². The highest BCUT2D eigenvalue weighted by Crippen LogP contribution is 2.26. The minimum absolute atomic E-state index is 0.107. The first kappa shape index (κ1) is 15.1. The zero-order valence-corrected chi connectivity index (χ0v) is 12.2. The number of hydrogen-bond donors (Lipinski definition) is 1. The molecular weight excluding hydrogens is 250 g/mol. The molecule has 0 aromatic carbocycles. The molecule has 1 heterocycles. The molecule has 1 rings (SSSR count). The third-order valence-corrected chi connectivity index (χ3v) is 5.54. The van der Waals surface area contributed by atoms with Gasteiger partial charge in [-0.1, -0.05) is 6.92 Å². The summed E-state index contributed by atoms with van der Waals surface area (Å²) < 4.78 is 26.5. The van der Waals surface area contributed by atoms with Crippen molar-refractivity contribution in [2.75, 3.05) is 7.05 Å². The lowest BCUT2D eigenvalue weighted by Crippen LogP contribution is -2.44. The predicted octanol–water partition coefficient (Wildman–Crippen LogP) is 1.35. The van der Waals surface area contributed by atoms with E-state index >= 15 is 0 Å². The van der Waals surface area contributed by atoms with Crippen LogP contribution >= 0.6 is 0 Å². The maximum Gasteiger partial charge on any atom is 0.245 e. The topological polar surface area (TPSA) is 76.3 Å². The van der Waals surface area contributed by atoms with Crippen molar-refractivity contribution >= 4 is 10.0 Å². The normalized spacial score (nSPS) is 13.0. The number of rotatable bonds is 5. The molecule has 1 aromatic rings. The van der Waals surface area contributed by atoms with Crippen LogP contribution in [0.1, 0.15) is 32.9 Å². The lowest BCUT2D eigenvalue weighted by atomic mass is 10.0. The molecule has 2 N–H and O–H groups in total. The van der Waals surface area contributed by atoms with Gasteiger partial charge in [-0.15, -0.1) is 0 Å². The quantitative estimate of drug-likeness (QED) is 0.877. The SMILES string of the molecule is CCC(C)(C)N(C)S(=O)(=O)c1cccnc1CN. The van der Waals surface area contributed by atoms with Gasteiger partial charge >= 0.3 is 0 Å². The van der Waals surface area contributed by atoms with Crippen LogP contribution in [-0.2, 0) is 16.6 Å². The number of pyridine rings is 1. The Morgan fingerprint density at radius 2 is 2.06 bits per heavy atom. The van der Waals surface area contributed by atoms with E-state index in [0.717, 1.165) is 6.42 Å². The molecule has 0 radical (unpaired) electrons. The Balaban J connectivity index is 3.30. The molecule has 0 aliphatic carbocycles. The second kappa shape index (κ2) is 5.34. The maximum atomic E-state index is 12.5. The third kappa shape index (κ3) is 2.71. The number of nitrogens with zero attached hydrogens (tertiary/aromatic N) is 2. The van der Waals surface area contributed by atoms with Gasteiger partial charge < -0.3 is 5.73 Å². The second-order valence-corrected chi connectivity index (χ2v) is 6.73. The van der Waals surface area contributed by atoms with E-state index in [9.17, 15) is 8.42 Å². The molecule has 0 amide bonds. The van der Waals surface area contributed by atoms with E-state index in [4.69, 9.17) is 5.73 Å². The van der Waals surface area contributed by atoms with E-state index in [0.29, 0.717) is 5.69 Å². The van der Waals surface area contributed by atoms with Gasteiger partial charge in [0.15, 0.2) is 0 Å². The van der Waals surface area contributed by atoms with Crippen molar-refractivity contribution in [2.24, 2.45) is 5.73 Å². The molecule has 0 saturated heterocycles. The van der Waals surface area contributed by atoms with E-state index in [2.05, 4.69) is 4.98 Å². The lowest BCUT2D eigenvalue weighted by Gasteiger charge is -2.33. The Hall–Kier alpha value is -0.980. The van der Waals surface area contributed by atoms with Gasteiger partial charge in [0.25, 0.3) is 0 Å². The molecule has 0 atom stereocenters. The Morgan fingerprint density at radius 1 is 1.44 bits per heavy atom. The molecule has 1 aromatic heterocycles. The van der Waals surface area contributed by atoms with Gasteiger partial charge in [0.1, 0.15) is 4.90 Å². The summed E-state index contributed by atoms with van der Waals surface area (Å²) in [5.74, 6) is 0. The highest BCUT2D eigenvalue weighted by atomic mass is 32.2. The third-order valence-electron chi connectivity index (χ3n) is 3.40. The van der Waals surface area contributed by atoms with Crippen molar-refractivity contribution < 1.29 is 8.42 Å². The number of aromatic nitrogens is 1. The number of hydrogen-bond acceptors (Lipinski definition) is 4. The first-order valence-electron chi connectivity index (χ1n) is 5.90. The molecule has 0 saturated carbocycles. The zero-order chi connectivity index (χ0) is 14.0. The summed E-state index contributed by atoms with van der Waals surface area (Å²) in [5.41, 5.74) is 5.50. The summed E-state index contributed by atoms with van der Waals surface area (Å²) in [6.45, 7) is 5.85. The van der Waals surface area contributed by atoms with E-state index in [1.165, 1.54) is 4.31 Å². The van der Waals surface area contributed by atoms with Gasteiger partial charge in [-0.2, -0.15) is 4.31 Å². The van der Waals surface area contributed by atoms with Crippen LogP contribution in [0.2, 0.25) is 0 Å². The van der Waals surface area contributed by atoms with Gasteiger partial charge in [-0.05, 0) is 32.4 Å². The van der Waals surface area contributed by atoms with Crippen molar-refractivity contribution in [3.8, 4) is 0 Å². The van der Waals surface area contributed by atoms with Crippen LogP contribution in [0.3, 0.4) is 0 Å². The smallest absolute Gasteiger partial charge is 0.245 e. The number of nitrogens with two attached hydrogens (primary N) is 1. The molecule has 5 nitrogen and oxygen atoms in total. The fraction of sp³-hybridized carbons (Fsp3) is 0.583. The number of sulfonamides is 1. The highest BCUT2D eigenvalue weighted by molar-refractivity contribution is 7.89. The summed E-state index contributed by atoms with van der Waals surface area (Å²) in [4.78, 5) is 4.21. The van der Waals surface area contributed by atoms with Crippen LogP contribution in [0, 0.1) is 0 Å².